The van der Waals surface area contributed by atoms with E-state index in [4.69, 9.17) is 0 Å². The Bertz CT molecular complexity index is 486. The van der Waals surface area contributed by atoms with E-state index in [2.05, 4.69) is 23.9 Å². The first-order valence-electron chi connectivity index (χ1n) is 6.18. The van der Waals surface area contributed by atoms with Crippen LogP contribution >= 0.6 is 23.7 Å². The van der Waals surface area contributed by atoms with Gasteiger partial charge in [0.15, 0.2) is 0 Å². The minimum Gasteiger partial charge on any atom is -0.312 e. The predicted octanol–water partition coefficient (Wildman–Crippen LogP) is 2.23. The minimum absolute atomic E-state index is 0. The summed E-state index contributed by atoms with van der Waals surface area (Å²) in [7, 11) is -3.34. The molecule has 0 bridgehead atoms. The molecule has 2 N–H and O–H groups in total. The first-order valence-corrected chi connectivity index (χ1v) is 8.55. The standard InChI is InChI=1S/C12H20N2O2S2.ClH/c1-12(2)6-4-7-13-10(12)9-14-18(15,16)11-5-3-8-17-11;/h3,5,8,10,13-14H,4,6-7,9H2,1-2H3;1H. The van der Waals surface area contributed by atoms with Gasteiger partial charge >= 0.3 is 0 Å². The maximum Gasteiger partial charge on any atom is 0.250 e. The third kappa shape index (κ3) is 4.16. The molecule has 1 fully saturated rings. The molecular formula is C12H21ClN2O2S2. The molecule has 0 saturated carbocycles. The van der Waals surface area contributed by atoms with E-state index in [1.807, 2.05) is 0 Å². The molecule has 0 radical (unpaired) electrons. The van der Waals surface area contributed by atoms with Crippen molar-refractivity contribution < 1.29 is 8.42 Å². The van der Waals surface area contributed by atoms with E-state index >= 15 is 0 Å². The first kappa shape index (κ1) is 16.9. The van der Waals surface area contributed by atoms with Crippen molar-refractivity contribution in [3.05, 3.63) is 17.5 Å². The van der Waals surface area contributed by atoms with E-state index in [0.29, 0.717) is 10.8 Å². The van der Waals surface area contributed by atoms with Crippen LogP contribution in [0.1, 0.15) is 26.7 Å². The van der Waals surface area contributed by atoms with Gasteiger partial charge in [-0.15, -0.1) is 23.7 Å². The topological polar surface area (TPSA) is 58.2 Å². The lowest BCUT2D eigenvalue weighted by molar-refractivity contribution is 0.182. The van der Waals surface area contributed by atoms with Crippen LogP contribution in [-0.2, 0) is 10.0 Å². The van der Waals surface area contributed by atoms with Gasteiger partial charge in [0, 0.05) is 12.6 Å². The van der Waals surface area contributed by atoms with Gasteiger partial charge in [-0.1, -0.05) is 19.9 Å². The average molecular weight is 325 g/mol. The van der Waals surface area contributed by atoms with Crippen molar-refractivity contribution in [2.45, 2.75) is 36.9 Å². The summed E-state index contributed by atoms with van der Waals surface area (Å²) < 4.78 is 27.1. The fourth-order valence-electron chi connectivity index (χ4n) is 2.30. The zero-order valence-electron chi connectivity index (χ0n) is 11.2. The van der Waals surface area contributed by atoms with Gasteiger partial charge in [0.1, 0.15) is 4.21 Å². The molecule has 1 unspecified atom stereocenters. The Balaban J connectivity index is 0.00000180. The Kier molecular flexibility index (Phi) is 5.82. The van der Waals surface area contributed by atoms with Crippen LogP contribution in [0.25, 0.3) is 0 Å². The van der Waals surface area contributed by atoms with E-state index in [9.17, 15) is 8.42 Å². The van der Waals surface area contributed by atoms with Crippen molar-refractivity contribution in [3.63, 3.8) is 0 Å². The Morgan fingerprint density at radius 2 is 2.26 bits per heavy atom. The molecule has 1 aliphatic rings. The fraction of sp³-hybridized carbons (Fsp3) is 0.667. The lowest BCUT2D eigenvalue weighted by Gasteiger charge is -2.39. The van der Waals surface area contributed by atoms with Crippen molar-refractivity contribution in [2.75, 3.05) is 13.1 Å². The first-order chi connectivity index (χ1) is 8.42. The Morgan fingerprint density at radius 3 is 2.84 bits per heavy atom. The highest BCUT2D eigenvalue weighted by Gasteiger charge is 2.32. The SMILES string of the molecule is CC1(C)CCCNC1CNS(=O)(=O)c1cccs1.Cl. The molecule has 0 spiro atoms. The summed E-state index contributed by atoms with van der Waals surface area (Å²) in [5.41, 5.74) is 0.135. The van der Waals surface area contributed by atoms with E-state index in [1.54, 1.807) is 17.5 Å². The zero-order valence-corrected chi connectivity index (χ0v) is 13.6. The van der Waals surface area contributed by atoms with Crippen molar-refractivity contribution >= 4 is 33.8 Å². The lowest BCUT2D eigenvalue weighted by Crippen LogP contribution is -2.52. The predicted molar refractivity (Wildman–Crippen MR) is 81.6 cm³/mol. The molecule has 7 heteroatoms. The molecule has 1 aromatic rings. The van der Waals surface area contributed by atoms with Crippen LogP contribution in [-0.4, -0.2) is 27.5 Å². The van der Waals surface area contributed by atoms with Crippen LogP contribution < -0.4 is 10.0 Å². The third-order valence-electron chi connectivity index (χ3n) is 3.57. The van der Waals surface area contributed by atoms with Gasteiger partial charge in [-0.25, -0.2) is 13.1 Å². The average Bonchev–Trinajstić information content (AvgIpc) is 2.81. The molecule has 0 aromatic carbocycles. The summed E-state index contributed by atoms with van der Waals surface area (Å²) in [6.45, 7) is 5.79. The van der Waals surface area contributed by atoms with Gasteiger partial charge in [0.25, 0.3) is 0 Å². The van der Waals surface area contributed by atoms with Crippen molar-refractivity contribution in [2.24, 2.45) is 5.41 Å². The fourth-order valence-corrected chi connectivity index (χ4v) is 4.38. The maximum atomic E-state index is 12.0. The van der Waals surface area contributed by atoms with E-state index in [0.717, 1.165) is 19.4 Å². The zero-order chi connectivity index (χ0) is 13.2. The van der Waals surface area contributed by atoms with Crippen LogP contribution in [0.2, 0.25) is 0 Å². The largest absolute Gasteiger partial charge is 0.312 e. The number of rotatable bonds is 4. The molecule has 0 amide bonds. The molecule has 19 heavy (non-hydrogen) atoms. The molecule has 1 aliphatic heterocycles. The summed E-state index contributed by atoms with van der Waals surface area (Å²) in [4.78, 5) is 0. The highest BCUT2D eigenvalue weighted by molar-refractivity contribution is 7.91. The monoisotopic (exact) mass is 324 g/mol. The van der Waals surface area contributed by atoms with E-state index in [-0.39, 0.29) is 23.9 Å². The van der Waals surface area contributed by atoms with E-state index < -0.39 is 10.0 Å². The lowest BCUT2D eigenvalue weighted by atomic mass is 9.78. The molecule has 1 atom stereocenters. The Hall–Kier alpha value is -0.140. The number of halogens is 1. The van der Waals surface area contributed by atoms with Crippen molar-refractivity contribution in [1.82, 2.24) is 10.0 Å². The number of piperidine rings is 1. The second-order valence-electron chi connectivity index (χ2n) is 5.38. The van der Waals surface area contributed by atoms with E-state index in [1.165, 1.54) is 11.3 Å². The van der Waals surface area contributed by atoms with Crippen LogP contribution in [0.4, 0.5) is 0 Å². The summed E-state index contributed by atoms with van der Waals surface area (Å²) in [5.74, 6) is 0. The van der Waals surface area contributed by atoms with Crippen LogP contribution in [0, 0.1) is 5.41 Å². The normalized spacial score (nSPS) is 22.7. The number of nitrogens with one attached hydrogen (secondary N) is 2. The molecular weight excluding hydrogens is 304 g/mol. The molecule has 0 aliphatic carbocycles. The highest BCUT2D eigenvalue weighted by atomic mass is 35.5. The smallest absolute Gasteiger partial charge is 0.250 e. The van der Waals surface area contributed by atoms with Crippen LogP contribution in [0.3, 0.4) is 0 Å². The summed E-state index contributed by atoms with van der Waals surface area (Å²) in [5, 5.41) is 5.18. The summed E-state index contributed by atoms with van der Waals surface area (Å²) in [6, 6.07) is 3.58. The number of hydrogen-bond donors (Lipinski definition) is 2. The molecule has 4 nitrogen and oxygen atoms in total. The van der Waals surface area contributed by atoms with Gasteiger partial charge < -0.3 is 5.32 Å². The molecule has 2 heterocycles. The second kappa shape index (κ2) is 6.54. The molecule has 1 saturated heterocycles. The highest BCUT2D eigenvalue weighted by Crippen LogP contribution is 2.29. The number of sulfonamides is 1. The maximum absolute atomic E-state index is 12.0. The number of thiophene rings is 1. The van der Waals surface area contributed by atoms with Gasteiger partial charge in [0.05, 0.1) is 0 Å². The number of hydrogen-bond acceptors (Lipinski definition) is 4. The second-order valence-corrected chi connectivity index (χ2v) is 8.32. The van der Waals surface area contributed by atoms with Gasteiger partial charge in [-0.2, -0.15) is 0 Å². The molecule has 1 aromatic heterocycles. The van der Waals surface area contributed by atoms with Gasteiger partial charge in [-0.05, 0) is 36.2 Å². The Morgan fingerprint density at radius 1 is 1.53 bits per heavy atom. The third-order valence-corrected chi connectivity index (χ3v) is 6.39. The summed E-state index contributed by atoms with van der Waals surface area (Å²) >= 11 is 1.25. The Labute approximate surface area is 125 Å². The van der Waals surface area contributed by atoms with Crippen molar-refractivity contribution in [1.29, 1.82) is 0 Å². The van der Waals surface area contributed by atoms with Crippen LogP contribution in [0.5, 0.6) is 0 Å². The molecule has 110 valence electrons. The quantitative estimate of drug-likeness (QED) is 0.893. The summed E-state index contributed by atoms with van der Waals surface area (Å²) in [6.07, 6.45) is 2.28. The van der Waals surface area contributed by atoms with Gasteiger partial charge in [-0.3, -0.25) is 0 Å². The van der Waals surface area contributed by atoms with Crippen LogP contribution in [0.15, 0.2) is 21.7 Å². The van der Waals surface area contributed by atoms with Crippen molar-refractivity contribution in [3.8, 4) is 0 Å². The minimum atomic E-state index is -3.34. The van der Waals surface area contributed by atoms with Gasteiger partial charge in [0.2, 0.25) is 10.0 Å². The molecule has 2 rings (SSSR count).